The monoisotopic (exact) mass is 437 g/mol. The van der Waals surface area contributed by atoms with Crippen LogP contribution < -0.4 is 10.9 Å². The maximum absolute atomic E-state index is 12.4. The van der Waals surface area contributed by atoms with Crippen LogP contribution in [0.3, 0.4) is 0 Å². The van der Waals surface area contributed by atoms with Crippen LogP contribution in [0.25, 0.3) is 0 Å². The van der Waals surface area contributed by atoms with E-state index in [1.165, 1.54) is 81.2 Å². The molecule has 1 saturated carbocycles. The van der Waals surface area contributed by atoms with Crippen molar-refractivity contribution in [2.24, 2.45) is 5.92 Å². The number of hydrazine groups is 1. The lowest BCUT2D eigenvalue weighted by molar-refractivity contribution is -0.384. The van der Waals surface area contributed by atoms with Crippen molar-refractivity contribution < 1.29 is 14.5 Å². The highest BCUT2D eigenvalue weighted by molar-refractivity contribution is 5.99. The van der Waals surface area contributed by atoms with Crippen LogP contribution >= 0.6 is 0 Å². The van der Waals surface area contributed by atoms with Gasteiger partial charge in [0.2, 0.25) is 0 Å². The van der Waals surface area contributed by atoms with Gasteiger partial charge in [0.25, 0.3) is 17.5 Å². The van der Waals surface area contributed by atoms with E-state index in [1.54, 1.807) is 12.1 Å². The Morgan fingerprint density at radius 1 is 0.875 bits per heavy atom. The molecule has 0 saturated heterocycles. The Morgan fingerprint density at radius 2 is 1.41 bits per heavy atom. The fourth-order valence-electron chi connectivity index (χ4n) is 4.37. The number of nitrogens with zero attached hydrogens (tertiary/aromatic N) is 1. The molecule has 32 heavy (non-hydrogen) atoms. The normalized spacial score (nSPS) is 18.0. The van der Waals surface area contributed by atoms with Crippen LogP contribution in [-0.4, -0.2) is 16.7 Å². The molecule has 0 bridgehead atoms. The van der Waals surface area contributed by atoms with Gasteiger partial charge in [-0.05, 0) is 67.3 Å². The molecule has 1 aliphatic rings. The highest BCUT2D eigenvalue weighted by Crippen LogP contribution is 2.37. The number of carbonyl (C=O) groups excluding carboxylic acids is 2. The third kappa shape index (κ3) is 6.39. The lowest BCUT2D eigenvalue weighted by atomic mass is 9.77. The molecule has 7 heteroatoms. The number of rotatable bonds is 8. The first-order valence-electron chi connectivity index (χ1n) is 11.4. The second kappa shape index (κ2) is 11.4. The number of non-ortho nitro benzene ring substituents is 1. The van der Waals surface area contributed by atoms with Crippen LogP contribution in [0.15, 0.2) is 48.5 Å². The molecule has 2 amide bonds. The van der Waals surface area contributed by atoms with Crippen molar-refractivity contribution in [3.63, 3.8) is 0 Å². The standard InChI is InChI=1S/C25H31N3O4/c1-2-3-4-5-18-6-8-19(9-7-18)20-10-12-21(13-11-20)24(29)26-27-25(30)22-14-16-23(17-15-22)28(31)32/h10-19H,2-9H2,1H3,(H,26,29)(H,27,30). The number of nitro groups is 1. The van der Waals surface area contributed by atoms with E-state index < -0.39 is 16.7 Å². The molecule has 0 unspecified atom stereocenters. The summed E-state index contributed by atoms with van der Waals surface area (Å²) in [4.78, 5) is 34.7. The molecule has 0 aliphatic heterocycles. The third-order valence-corrected chi connectivity index (χ3v) is 6.34. The van der Waals surface area contributed by atoms with Crippen molar-refractivity contribution in [1.29, 1.82) is 0 Å². The number of carbonyl (C=O) groups is 2. The van der Waals surface area contributed by atoms with Gasteiger partial charge < -0.3 is 0 Å². The molecular formula is C25H31N3O4. The molecule has 3 rings (SSSR count). The summed E-state index contributed by atoms with van der Waals surface area (Å²) in [5, 5.41) is 10.7. The van der Waals surface area contributed by atoms with Gasteiger partial charge in [-0.2, -0.15) is 0 Å². The minimum atomic E-state index is -0.541. The van der Waals surface area contributed by atoms with Crippen LogP contribution in [0.1, 0.15) is 90.5 Å². The Balaban J connectivity index is 1.47. The molecule has 0 aromatic heterocycles. The number of hydrogen-bond acceptors (Lipinski definition) is 4. The van der Waals surface area contributed by atoms with Crippen LogP contribution in [0.4, 0.5) is 5.69 Å². The second-order valence-corrected chi connectivity index (χ2v) is 8.55. The van der Waals surface area contributed by atoms with Crippen molar-refractivity contribution in [3.8, 4) is 0 Å². The molecular weight excluding hydrogens is 406 g/mol. The van der Waals surface area contributed by atoms with Gasteiger partial charge in [-0.15, -0.1) is 0 Å². The Morgan fingerprint density at radius 3 is 1.91 bits per heavy atom. The highest BCUT2D eigenvalue weighted by Gasteiger charge is 2.22. The second-order valence-electron chi connectivity index (χ2n) is 8.55. The molecule has 7 nitrogen and oxygen atoms in total. The smallest absolute Gasteiger partial charge is 0.267 e. The topological polar surface area (TPSA) is 101 Å². The molecule has 0 atom stereocenters. The van der Waals surface area contributed by atoms with Gasteiger partial charge in [0.05, 0.1) is 4.92 Å². The summed E-state index contributed by atoms with van der Waals surface area (Å²) in [6, 6.07) is 12.8. The average molecular weight is 438 g/mol. The van der Waals surface area contributed by atoms with E-state index in [4.69, 9.17) is 0 Å². The number of hydrogen-bond donors (Lipinski definition) is 2. The number of nitro benzene ring substituents is 1. The zero-order chi connectivity index (χ0) is 22.9. The average Bonchev–Trinajstić information content (AvgIpc) is 2.83. The third-order valence-electron chi connectivity index (χ3n) is 6.34. The van der Waals surface area contributed by atoms with Gasteiger partial charge in [0, 0.05) is 23.3 Å². The number of unbranched alkanes of at least 4 members (excludes halogenated alkanes) is 2. The van der Waals surface area contributed by atoms with Gasteiger partial charge in [0.1, 0.15) is 0 Å². The SMILES string of the molecule is CCCCCC1CCC(c2ccc(C(=O)NNC(=O)c3ccc([N+](=O)[O-])cc3)cc2)CC1. The Labute approximate surface area is 188 Å². The lowest BCUT2D eigenvalue weighted by Crippen LogP contribution is -2.41. The van der Waals surface area contributed by atoms with Gasteiger partial charge in [0.15, 0.2) is 0 Å². The van der Waals surface area contributed by atoms with Gasteiger partial charge >= 0.3 is 0 Å². The van der Waals surface area contributed by atoms with Crippen molar-refractivity contribution in [1.82, 2.24) is 10.9 Å². The van der Waals surface area contributed by atoms with Crippen molar-refractivity contribution in [3.05, 3.63) is 75.3 Å². The van der Waals surface area contributed by atoms with Gasteiger partial charge in [-0.3, -0.25) is 30.6 Å². The summed E-state index contributed by atoms with van der Waals surface area (Å²) in [6.45, 7) is 2.24. The minimum absolute atomic E-state index is 0.101. The number of nitrogens with one attached hydrogen (secondary N) is 2. The Bertz CT molecular complexity index is 917. The molecule has 0 spiro atoms. The fraction of sp³-hybridized carbons (Fsp3) is 0.440. The van der Waals surface area contributed by atoms with Gasteiger partial charge in [-0.1, -0.05) is 44.7 Å². The predicted octanol–water partition coefficient (Wildman–Crippen LogP) is 5.52. The van der Waals surface area contributed by atoms with E-state index in [0.717, 1.165) is 5.92 Å². The van der Waals surface area contributed by atoms with E-state index in [2.05, 4.69) is 17.8 Å². The van der Waals surface area contributed by atoms with E-state index >= 15 is 0 Å². The zero-order valence-electron chi connectivity index (χ0n) is 18.5. The molecule has 2 N–H and O–H groups in total. The summed E-state index contributed by atoms with van der Waals surface area (Å²) < 4.78 is 0. The fourth-order valence-corrected chi connectivity index (χ4v) is 4.37. The number of amides is 2. The zero-order valence-corrected chi connectivity index (χ0v) is 18.5. The summed E-state index contributed by atoms with van der Waals surface area (Å²) >= 11 is 0. The first kappa shape index (κ1) is 23.4. The number of benzene rings is 2. The minimum Gasteiger partial charge on any atom is -0.267 e. The van der Waals surface area contributed by atoms with Crippen molar-refractivity contribution >= 4 is 17.5 Å². The predicted molar refractivity (Wildman–Crippen MR) is 123 cm³/mol. The highest BCUT2D eigenvalue weighted by atomic mass is 16.6. The summed E-state index contributed by atoms with van der Waals surface area (Å²) in [5.41, 5.74) is 6.58. The molecule has 1 fully saturated rings. The maximum atomic E-state index is 12.4. The summed E-state index contributed by atoms with van der Waals surface area (Å²) in [7, 11) is 0. The lowest BCUT2D eigenvalue weighted by Gasteiger charge is -2.29. The maximum Gasteiger partial charge on any atom is 0.269 e. The van der Waals surface area contributed by atoms with E-state index in [1.807, 2.05) is 12.1 Å². The Kier molecular flexibility index (Phi) is 8.36. The van der Waals surface area contributed by atoms with E-state index in [0.29, 0.717) is 11.5 Å². The van der Waals surface area contributed by atoms with E-state index in [-0.39, 0.29) is 11.3 Å². The van der Waals surface area contributed by atoms with Crippen LogP contribution in [0, 0.1) is 16.0 Å². The first-order chi connectivity index (χ1) is 15.5. The Hall–Kier alpha value is -3.22. The molecule has 2 aromatic rings. The first-order valence-corrected chi connectivity index (χ1v) is 11.4. The largest absolute Gasteiger partial charge is 0.269 e. The van der Waals surface area contributed by atoms with Crippen molar-refractivity contribution in [2.75, 3.05) is 0 Å². The van der Waals surface area contributed by atoms with Gasteiger partial charge in [-0.25, -0.2) is 0 Å². The van der Waals surface area contributed by atoms with Crippen LogP contribution in [0.2, 0.25) is 0 Å². The molecule has 0 radical (unpaired) electrons. The van der Waals surface area contributed by atoms with Crippen molar-refractivity contribution in [2.45, 2.75) is 64.2 Å². The summed E-state index contributed by atoms with van der Waals surface area (Å²) in [5.74, 6) is 0.464. The molecule has 1 aliphatic carbocycles. The molecule has 0 heterocycles. The molecule has 170 valence electrons. The quantitative estimate of drug-likeness (QED) is 0.322. The van der Waals surface area contributed by atoms with E-state index in [9.17, 15) is 19.7 Å². The molecule has 2 aromatic carbocycles. The van der Waals surface area contributed by atoms with Crippen LogP contribution in [-0.2, 0) is 0 Å². The summed E-state index contributed by atoms with van der Waals surface area (Å²) in [6.07, 6.45) is 10.3. The van der Waals surface area contributed by atoms with Crippen LogP contribution in [0.5, 0.6) is 0 Å².